The molecule has 0 aliphatic heterocycles. The van der Waals surface area contributed by atoms with E-state index in [9.17, 15) is 9.59 Å². The smallest absolute Gasteiger partial charge is 0.295 e. The Morgan fingerprint density at radius 3 is 2.50 bits per heavy atom. The standard InChI is InChI=1S/C24H26N6O2S2/c1-17-21(22(32)30(29(17)2)19-11-7-4-8-12-19)26-20(31)14-16-33-24-28-27-23(34-24)25-15-13-18-9-5-3-6-10-18/h3-12H,13-16H2,1-2H3,(H,25,27)(H,26,31). The zero-order valence-electron chi connectivity index (χ0n) is 19.0. The lowest BCUT2D eigenvalue weighted by Crippen LogP contribution is -2.23. The molecule has 8 nitrogen and oxygen atoms in total. The molecule has 34 heavy (non-hydrogen) atoms. The van der Waals surface area contributed by atoms with Gasteiger partial charge in [0.1, 0.15) is 5.69 Å². The van der Waals surface area contributed by atoms with Crippen molar-refractivity contribution in [1.29, 1.82) is 0 Å². The van der Waals surface area contributed by atoms with Crippen LogP contribution in [0.1, 0.15) is 17.7 Å². The molecule has 2 aromatic carbocycles. The molecule has 2 aromatic heterocycles. The first-order chi connectivity index (χ1) is 16.5. The Balaban J connectivity index is 1.26. The van der Waals surface area contributed by atoms with E-state index in [1.807, 2.05) is 55.5 Å². The fraction of sp³-hybridized carbons (Fsp3) is 0.250. The van der Waals surface area contributed by atoms with Gasteiger partial charge in [0.25, 0.3) is 5.56 Å². The summed E-state index contributed by atoms with van der Waals surface area (Å²) in [7, 11) is 1.80. The molecule has 4 aromatic rings. The molecule has 0 aliphatic rings. The molecule has 2 N–H and O–H groups in total. The Morgan fingerprint density at radius 2 is 1.76 bits per heavy atom. The van der Waals surface area contributed by atoms with Crippen LogP contribution in [-0.2, 0) is 18.3 Å². The summed E-state index contributed by atoms with van der Waals surface area (Å²) in [6.07, 6.45) is 1.17. The van der Waals surface area contributed by atoms with Gasteiger partial charge in [-0.2, -0.15) is 0 Å². The van der Waals surface area contributed by atoms with Gasteiger partial charge in [0.05, 0.1) is 11.4 Å². The van der Waals surface area contributed by atoms with E-state index in [0.29, 0.717) is 17.1 Å². The SMILES string of the molecule is Cc1c(NC(=O)CCSc2nnc(NCCc3ccccc3)s2)c(=O)n(-c2ccccc2)n1C. The first-order valence-corrected chi connectivity index (χ1v) is 12.7. The molecule has 4 rings (SSSR count). The summed E-state index contributed by atoms with van der Waals surface area (Å²) < 4.78 is 4.10. The van der Waals surface area contributed by atoms with Crippen LogP contribution in [0.2, 0.25) is 0 Å². The summed E-state index contributed by atoms with van der Waals surface area (Å²) in [6, 6.07) is 19.6. The highest BCUT2D eigenvalue weighted by molar-refractivity contribution is 8.01. The number of amides is 1. The average Bonchev–Trinajstić information content (AvgIpc) is 3.38. The third-order valence-corrected chi connectivity index (χ3v) is 7.33. The highest BCUT2D eigenvalue weighted by atomic mass is 32.2. The number of hydrogen-bond donors (Lipinski definition) is 2. The molecule has 10 heteroatoms. The molecular formula is C24H26N6O2S2. The summed E-state index contributed by atoms with van der Waals surface area (Å²) >= 11 is 2.95. The van der Waals surface area contributed by atoms with Crippen molar-refractivity contribution in [2.45, 2.75) is 24.1 Å². The van der Waals surface area contributed by atoms with E-state index >= 15 is 0 Å². The first kappa shape index (κ1) is 23.8. The van der Waals surface area contributed by atoms with Crippen molar-refractivity contribution in [2.75, 3.05) is 22.9 Å². The van der Waals surface area contributed by atoms with Crippen molar-refractivity contribution >= 4 is 39.8 Å². The second kappa shape index (κ2) is 11.2. The summed E-state index contributed by atoms with van der Waals surface area (Å²) in [4.78, 5) is 25.4. The maximum Gasteiger partial charge on any atom is 0.295 e. The normalized spacial score (nSPS) is 10.9. The van der Waals surface area contributed by atoms with Crippen LogP contribution in [0.4, 0.5) is 10.8 Å². The number of nitrogens with one attached hydrogen (secondary N) is 2. The summed E-state index contributed by atoms with van der Waals surface area (Å²) in [5.74, 6) is 0.340. The number of aromatic nitrogens is 4. The van der Waals surface area contributed by atoms with Gasteiger partial charge in [-0.05, 0) is 31.0 Å². The van der Waals surface area contributed by atoms with Crippen LogP contribution >= 0.6 is 23.1 Å². The lowest BCUT2D eigenvalue weighted by molar-refractivity contribution is -0.115. The molecule has 0 bridgehead atoms. The number of anilines is 2. The third-order valence-electron chi connectivity index (χ3n) is 5.31. The van der Waals surface area contributed by atoms with Crippen molar-refractivity contribution in [3.8, 4) is 5.69 Å². The highest BCUT2D eigenvalue weighted by Crippen LogP contribution is 2.26. The molecule has 0 saturated heterocycles. The molecule has 1 amide bonds. The summed E-state index contributed by atoms with van der Waals surface area (Å²) in [6.45, 7) is 2.60. The van der Waals surface area contributed by atoms with Crippen LogP contribution in [0.3, 0.4) is 0 Å². The van der Waals surface area contributed by atoms with Crippen LogP contribution in [0.25, 0.3) is 5.69 Å². The maximum absolute atomic E-state index is 12.9. The maximum atomic E-state index is 12.9. The van der Waals surface area contributed by atoms with Crippen LogP contribution in [0, 0.1) is 6.92 Å². The number of carbonyl (C=O) groups is 1. The monoisotopic (exact) mass is 494 g/mol. The van der Waals surface area contributed by atoms with Gasteiger partial charge in [-0.25, -0.2) is 4.68 Å². The first-order valence-electron chi connectivity index (χ1n) is 10.9. The quantitative estimate of drug-likeness (QED) is 0.322. The van der Waals surface area contributed by atoms with Gasteiger partial charge in [-0.3, -0.25) is 14.3 Å². The molecule has 0 atom stereocenters. The Kier molecular flexibility index (Phi) is 7.81. The average molecular weight is 495 g/mol. The van der Waals surface area contributed by atoms with Crippen molar-refractivity contribution in [2.24, 2.45) is 7.05 Å². The second-order valence-corrected chi connectivity index (χ2v) is 9.94. The van der Waals surface area contributed by atoms with Gasteiger partial charge in [-0.1, -0.05) is 71.6 Å². The molecule has 2 heterocycles. The van der Waals surface area contributed by atoms with E-state index in [1.165, 1.54) is 28.7 Å². The van der Waals surface area contributed by atoms with Crippen molar-refractivity contribution < 1.29 is 4.79 Å². The van der Waals surface area contributed by atoms with Gasteiger partial charge in [-0.15, -0.1) is 10.2 Å². The van der Waals surface area contributed by atoms with E-state index in [0.717, 1.165) is 28.1 Å². The Bertz CT molecular complexity index is 1300. The highest BCUT2D eigenvalue weighted by Gasteiger charge is 2.18. The predicted molar refractivity (Wildman–Crippen MR) is 138 cm³/mol. The van der Waals surface area contributed by atoms with Gasteiger partial charge in [0, 0.05) is 25.8 Å². The van der Waals surface area contributed by atoms with Gasteiger partial charge in [0.15, 0.2) is 4.34 Å². The summed E-state index contributed by atoms with van der Waals surface area (Å²) in [5.41, 5.74) is 2.78. The van der Waals surface area contributed by atoms with E-state index < -0.39 is 0 Å². The van der Waals surface area contributed by atoms with Crippen molar-refractivity contribution in [1.82, 2.24) is 19.6 Å². The Hall–Kier alpha value is -3.37. The lowest BCUT2D eigenvalue weighted by Gasteiger charge is -2.07. The van der Waals surface area contributed by atoms with Gasteiger partial charge >= 0.3 is 0 Å². The number of hydrogen-bond acceptors (Lipinski definition) is 7. The van der Waals surface area contributed by atoms with Crippen LogP contribution in [0.5, 0.6) is 0 Å². The third kappa shape index (κ3) is 5.75. The number of para-hydroxylation sites is 1. The topological polar surface area (TPSA) is 93.8 Å². The van der Waals surface area contributed by atoms with E-state index in [-0.39, 0.29) is 17.9 Å². The largest absolute Gasteiger partial charge is 0.360 e. The number of rotatable bonds is 10. The number of benzene rings is 2. The molecule has 0 saturated carbocycles. The van der Waals surface area contributed by atoms with Crippen molar-refractivity contribution in [3.05, 3.63) is 82.3 Å². The van der Waals surface area contributed by atoms with Gasteiger partial charge in [0.2, 0.25) is 11.0 Å². The lowest BCUT2D eigenvalue weighted by atomic mass is 10.2. The van der Waals surface area contributed by atoms with Crippen molar-refractivity contribution in [3.63, 3.8) is 0 Å². The predicted octanol–water partition coefficient (Wildman–Crippen LogP) is 4.11. The van der Waals surface area contributed by atoms with Crippen LogP contribution < -0.4 is 16.2 Å². The number of nitrogens with zero attached hydrogens (tertiary/aromatic N) is 4. The van der Waals surface area contributed by atoms with E-state index in [2.05, 4.69) is 33.0 Å². The zero-order chi connectivity index (χ0) is 23.9. The minimum atomic E-state index is -0.248. The van der Waals surface area contributed by atoms with E-state index in [1.54, 1.807) is 16.4 Å². The molecule has 0 spiro atoms. The minimum Gasteiger partial charge on any atom is -0.360 e. The van der Waals surface area contributed by atoms with Crippen LogP contribution in [-0.4, -0.2) is 37.8 Å². The minimum absolute atomic E-state index is 0.204. The second-order valence-electron chi connectivity index (χ2n) is 7.62. The van der Waals surface area contributed by atoms with Gasteiger partial charge < -0.3 is 10.6 Å². The zero-order valence-corrected chi connectivity index (χ0v) is 20.7. The Morgan fingerprint density at radius 1 is 1.06 bits per heavy atom. The fourth-order valence-corrected chi connectivity index (χ4v) is 5.23. The molecule has 0 unspecified atom stereocenters. The number of thioether (sulfide) groups is 1. The molecule has 176 valence electrons. The molecule has 0 fully saturated rings. The summed E-state index contributed by atoms with van der Waals surface area (Å²) in [5, 5.41) is 15.2. The molecule has 0 radical (unpaired) electrons. The molecular weight excluding hydrogens is 468 g/mol. The Labute approximate surface area is 206 Å². The van der Waals surface area contributed by atoms with Crippen LogP contribution in [0.15, 0.2) is 69.8 Å². The van der Waals surface area contributed by atoms with E-state index in [4.69, 9.17) is 0 Å². The fourth-order valence-electron chi connectivity index (χ4n) is 3.44. The molecule has 0 aliphatic carbocycles. The number of carbonyl (C=O) groups excluding carboxylic acids is 1.